The second-order valence-corrected chi connectivity index (χ2v) is 7.00. The fourth-order valence-electron chi connectivity index (χ4n) is 3.49. The van der Waals surface area contributed by atoms with E-state index in [2.05, 4.69) is 19.9 Å². The topological polar surface area (TPSA) is 82.4 Å². The number of nitrogens with zero attached hydrogens (tertiary/aromatic N) is 5. The molecule has 8 nitrogen and oxygen atoms in total. The summed E-state index contributed by atoms with van der Waals surface area (Å²) in [5.41, 5.74) is 1.40. The first-order valence-corrected chi connectivity index (χ1v) is 9.30. The van der Waals surface area contributed by atoms with E-state index in [-0.39, 0.29) is 11.7 Å². The maximum Gasteiger partial charge on any atom is 0.262 e. The van der Waals surface area contributed by atoms with Gasteiger partial charge in [0.15, 0.2) is 5.65 Å². The van der Waals surface area contributed by atoms with Crippen LogP contribution < -0.4 is 19.9 Å². The van der Waals surface area contributed by atoms with Gasteiger partial charge in [-0.15, -0.1) is 0 Å². The Bertz CT molecular complexity index is 1040. The third kappa shape index (κ3) is 3.49. The predicted octanol–water partition coefficient (Wildman–Crippen LogP) is 2.09. The van der Waals surface area contributed by atoms with Crippen molar-refractivity contribution >= 4 is 16.9 Å². The lowest BCUT2D eigenvalue weighted by molar-refractivity contribution is 0.170. The quantitative estimate of drug-likeness (QED) is 0.684. The fraction of sp³-hybridized carbons (Fsp3) is 0.400. The van der Waals surface area contributed by atoms with Crippen molar-refractivity contribution in [2.45, 2.75) is 25.9 Å². The largest absolute Gasteiger partial charge is 0.489 e. The number of hydrogen-bond acceptors (Lipinski definition) is 7. The van der Waals surface area contributed by atoms with Crippen molar-refractivity contribution in [1.82, 2.24) is 19.5 Å². The van der Waals surface area contributed by atoms with Crippen LogP contribution in [0.15, 0.2) is 35.5 Å². The third-order valence-electron chi connectivity index (χ3n) is 5.03. The molecule has 146 valence electrons. The molecule has 4 rings (SSSR count). The Labute approximate surface area is 162 Å². The molecule has 0 aromatic carbocycles. The van der Waals surface area contributed by atoms with Crippen molar-refractivity contribution < 1.29 is 9.47 Å². The van der Waals surface area contributed by atoms with Gasteiger partial charge in [-0.1, -0.05) is 0 Å². The van der Waals surface area contributed by atoms with Gasteiger partial charge in [0.05, 0.1) is 25.0 Å². The highest BCUT2D eigenvalue weighted by Gasteiger charge is 2.23. The minimum absolute atomic E-state index is 0.0765. The number of hydrogen-bond donors (Lipinski definition) is 0. The van der Waals surface area contributed by atoms with Gasteiger partial charge in [0.25, 0.3) is 5.56 Å². The molecule has 0 unspecified atom stereocenters. The molecular weight excluding hydrogens is 358 g/mol. The van der Waals surface area contributed by atoms with Crippen LogP contribution in [0.5, 0.6) is 11.6 Å². The molecule has 0 spiro atoms. The van der Waals surface area contributed by atoms with Crippen molar-refractivity contribution in [2.24, 2.45) is 7.05 Å². The Kier molecular flexibility index (Phi) is 4.85. The molecule has 0 atom stereocenters. The van der Waals surface area contributed by atoms with Crippen LogP contribution in [0.1, 0.15) is 18.4 Å². The van der Waals surface area contributed by atoms with Crippen LogP contribution in [0.25, 0.3) is 11.0 Å². The van der Waals surface area contributed by atoms with E-state index < -0.39 is 0 Å². The third-order valence-corrected chi connectivity index (χ3v) is 5.03. The lowest BCUT2D eigenvalue weighted by Crippen LogP contribution is -2.39. The molecule has 0 saturated carbocycles. The van der Waals surface area contributed by atoms with E-state index in [0.717, 1.165) is 43.1 Å². The number of rotatable bonds is 4. The van der Waals surface area contributed by atoms with Crippen molar-refractivity contribution in [3.8, 4) is 11.6 Å². The molecule has 0 amide bonds. The van der Waals surface area contributed by atoms with Crippen LogP contribution in [0, 0.1) is 6.92 Å². The molecule has 0 radical (unpaired) electrons. The fourth-order valence-corrected chi connectivity index (χ4v) is 3.49. The highest BCUT2D eigenvalue weighted by atomic mass is 16.5. The first kappa shape index (κ1) is 18.2. The van der Waals surface area contributed by atoms with Crippen LogP contribution in [0.4, 0.5) is 5.82 Å². The molecule has 1 aliphatic heterocycles. The molecule has 0 aliphatic carbocycles. The zero-order valence-corrected chi connectivity index (χ0v) is 16.3. The second kappa shape index (κ2) is 7.46. The molecule has 8 heteroatoms. The van der Waals surface area contributed by atoms with Crippen LogP contribution >= 0.6 is 0 Å². The summed E-state index contributed by atoms with van der Waals surface area (Å²) in [6.07, 6.45) is 5.11. The van der Waals surface area contributed by atoms with Crippen molar-refractivity contribution in [1.29, 1.82) is 0 Å². The Balaban J connectivity index is 1.46. The van der Waals surface area contributed by atoms with E-state index in [1.54, 1.807) is 26.4 Å². The first-order valence-electron chi connectivity index (χ1n) is 9.30. The maximum absolute atomic E-state index is 12.3. The van der Waals surface area contributed by atoms with E-state index in [1.165, 1.54) is 10.9 Å². The molecule has 28 heavy (non-hydrogen) atoms. The van der Waals surface area contributed by atoms with E-state index >= 15 is 0 Å². The van der Waals surface area contributed by atoms with Gasteiger partial charge in [-0.25, -0.2) is 15.0 Å². The Morgan fingerprint density at radius 2 is 1.96 bits per heavy atom. The van der Waals surface area contributed by atoms with Crippen LogP contribution in [0.3, 0.4) is 0 Å². The standard InChI is InChI=1S/C20H23N5O3/c1-13-10-16-18(22-12-24(2)20(16)26)23-19(13)25-8-6-14(7-9-25)28-15-4-5-17(27-3)21-11-15/h4-5,10-12,14H,6-9H2,1-3H3. The summed E-state index contributed by atoms with van der Waals surface area (Å²) in [6, 6.07) is 5.56. The number of anilines is 1. The molecule has 0 bridgehead atoms. The average Bonchev–Trinajstić information content (AvgIpc) is 2.72. The summed E-state index contributed by atoms with van der Waals surface area (Å²) in [6.45, 7) is 3.65. The average molecular weight is 381 g/mol. The van der Waals surface area contributed by atoms with Crippen molar-refractivity contribution in [2.75, 3.05) is 25.1 Å². The minimum Gasteiger partial charge on any atom is -0.489 e. The number of ether oxygens (including phenoxy) is 2. The van der Waals surface area contributed by atoms with Crippen molar-refractivity contribution in [3.05, 3.63) is 46.6 Å². The predicted molar refractivity (Wildman–Crippen MR) is 106 cm³/mol. The number of piperidine rings is 1. The zero-order valence-electron chi connectivity index (χ0n) is 16.3. The van der Waals surface area contributed by atoms with Crippen LogP contribution in [0.2, 0.25) is 0 Å². The van der Waals surface area contributed by atoms with E-state index in [0.29, 0.717) is 16.9 Å². The molecular formula is C20H23N5O3. The monoisotopic (exact) mass is 381 g/mol. The molecule has 0 N–H and O–H groups in total. The minimum atomic E-state index is -0.0765. The summed E-state index contributed by atoms with van der Waals surface area (Å²) in [5, 5.41) is 0.552. The first-order chi connectivity index (χ1) is 13.5. The zero-order chi connectivity index (χ0) is 19.7. The van der Waals surface area contributed by atoms with Crippen LogP contribution in [-0.2, 0) is 7.05 Å². The van der Waals surface area contributed by atoms with Gasteiger partial charge < -0.3 is 18.9 Å². The Hall–Kier alpha value is -3.16. The SMILES string of the molecule is COc1ccc(OC2CCN(c3nc4ncn(C)c(=O)c4cc3C)CC2)cn1. The number of pyridine rings is 2. The number of aryl methyl sites for hydroxylation is 2. The van der Waals surface area contributed by atoms with Gasteiger partial charge in [-0.3, -0.25) is 4.79 Å². The highest BCUT2D eigenvalue weighted by molar-refractivity contribution is 5.77. The van der Waals surface area contributed by atoms with Gasteiger partial charge in [0.2, 0.25) is 5.88 Å². The van der Waals surface area contributed by atoms with Crippen LogP contribution in [-0.4, -0.2) is 45.8 Å². The summed E-state index contributed by atoms with van der Waals surface area (Å²) < 4.78 is 12.6. The summed E-state index contributed by atoms with van der Waals surface area (Å²) in [5.74, 6) is 2.21. The summed E-state index contributed by atoms with van der Waals surface area (Å²) in [7, 11) is 3.29. The lowest BCUT2D eigenvalue weighted by Gasteiger charge is -2.33. The number of fused-ring (bicyclic) bond motifs is 1. The van der Waals surface area contributed by atoms with Gasteiger partial charge in [-0.2, -0.15) is 0 Å². The molecule has 1 fully saturated rings. The van der Waals surface area contributed by atoms with E-state index in [4.69, 9.17) is 9.47 Å². The summed E-state index contributed by atoms with van der Waals surface area (Å²) in [4.78, 5) is 27.6. The van der Waals surface area contributed by atoms with Gasteiger partial charge >= 0.3 is 0 Å². The highest BCUT2D eigenvalue weighted by Crippen LogP contribution is 2.26. The number of aromatic nitrogens is 4. The van der Waals surface area contributed by atoms with Gasteiger partial charge in [0, 0.05) is 39.0 Å². The van der Waals surface area contributed by atoms with E-state index in [9.17, 15) is 4.79 Å². The second-order valence-electron chi connectivity index (χ2n) is 7.00. The maximum atomic E-state index is 12.3. The smallest absolute Gasteiger partial charge is 0.262 e. The molecule has 3 aromatic heterocycles. The molecule has 4 heterocycles. The summed E-state index contributed by atoms with van der Waals surface area (Å²) >= 11 is 0. The lowest BCUT2D eigenvalue weighted by atomic mass is 10.1. The van der Waals surface area contributed by atoms with Gasteiger partial charge in [-0.05, 0) is 24.6 Å². The normalized spacial score (nSPS) is 15.0. The Morgan fingerprint density at radius 1 is 1.18 bits per heavy atom. The van der Waals surface area contributed by atoms with Crippen molar-refractivity contribution in [3.63, 3.8) is 0 Å². The number of methoxy groups -OCH3 is 1. The van der Waals surface area contributed by atoms with E-state index in [1.807, 2.05) is 19.1 Å². The Morgan fingerprint density at radius 3 is 2.64 bits per heavy atom. The van der Waals surface area contributed by atoms with Gasteiger partial charge in [0.1, 0.15) is 17.7 Å². The molecule has 1 saturated heterocycles. The molecule has 1 aliphatic rings. The molecule has 3 aromatic rings.